The molecule has 0 unspecified atom stereocenters. The van der Waals surface area contributed by atoms with E-state index in [2.05, 4.69) is 6.92 Å². The summed E-state index contributed by atoms with van der Waals surface area (Å²) in [5.41, 5.74) is -0.808. The summed E-state index contributed by atoms with van der Waals surface area (Å²) in [5.74, 6) is -0.441. The number of hydrogen-bond acceptors (Lipinski definition) is 2. The molecule has 114 valence electrons. The molecule has 1 heterocycles. The maximum atomic E-state index is 12.7. The van der Waals surface area contributed by atoms with Crippen molar-refractivity contribution in [3.8, 4) is 0 Å². The molecule has 1 N–H and O–H groups in total. The highest BCUT2D eigenvalue weighted by Gasteiger charge is 2.44. The number of carboxylic acids is 1. The normalized spacial score (nSPS) is 25.2. The van der Waals surface area contributed by atoms with Crippen LogP contribution >= 0.6 is 0 Å². The smallest absolute Gasteiger partial charge is 0.309 e. The van der Waals surface area contributed by atoms with Crippen molar-refractivity contribution in [3.05, 3.63) is 0 Å². The van der Waals surface area contributed by atoms with Crippen LogP contribution in [0.15, 0.2) is 0 Å². The molecule has 4 nitrogen and oxygen atoms in total. The fourth-order valence-electron chi connectivity index (χ4n) is 3.78. The van der Waals surface area contributed by atoms with Gasteiger partial charge in [0.25, 0.3) is 0 Å². The summed E-state index contributed by atoms with van der Waals surface area (Å²) >= 11 is 0. The lowest BCUT2D eigenvalue weighted by Gasteiger charge is -2.43. The third-order valence-corrected chi connectivity index (χ3v) is 5.61. The Bertz CT molecular complexity index is 377. The van der Waals surface area contributed by atoms with E-state index in [1.54, 1.807) is 0 Å². The number of piperidine rings is 1. The molecule has 1 saturated heterocycles. The molecule has 1 amide bonds. The average Bonchev–Trinajstić information content (AvgIpc) is 2.47. The molecule has 20 heavy (non-hydrogen) atoms. The Labute approximate surface area is 121 Å². The highest BCUT2D eigenvalue weighted by atomic mass is 16.4. The highest BCUT2D eigenvalue weighted by molar-refractivity contribution is 5.83. The summed E-state index contributed by atoms with van der Waals surface area (Å²) in [6.45, 7) is 5.24. The van der Waals surface area contributed by atoms with Crippen LogP contribution in [0.2, 0.25) is 0 Å². The molecule has 1 saturated carbocycles. The fraction of sp³-hybridized carbons (Fsp3) is 0.875. The predicted molar refractivity (Wildman–Crippen MR) is 77.4 cm³/mol. The van der Waals surface area contributed by atoms with Gasteiger partial charge in [0.2, 0.25) is 5.91 Å². The van der Waals surface area contributed by atoms with E-state index in [4.69, 9.17) is 0 Å². The van der Waals surface area contributed by atoms with E-state index in [1.807, 2.05) is 11.8 Å². The molecule has 0 bridgehead atoms. The summed E-state index contributed by atoms with van der Waals surface area (Å²) in [7, 11) is 0. The maximum absolute atomic E-state index is 12.7. The zero-order valence-electron chi connectivity index (χ0n) is 12.8. The van der Waals surface area contributed by atoms with E-state index in [0.29, 0.717) is 32.4 Å². The second-order valence-electron chi connectivity index (χ2n) is 6.85. The first kappa shape index (κ1) is 15.3. The molecule has 0 radical (unpaired) electrons. The summed E-state index contributed by atoms with van der Waals surface area (Å²) in [4.78, 5) is 26.1. The van der Waals surface area contributed by atoms with E-state index >= 15 is 0 Å². The molecule has 2 aliphatic rings. The van der Waals surface area contributed by atoms with Gasteiger partial charge in [0.05, 0.1) is 5.41 Å². The van der Waals surface area contributed by atoms with Crippen molar-refractivity contribution in [1.82, 2.24) is 4.90 Å². The van der Waals surface area contributed by atoms with Gasteiger partial charge in [-0.1, -0.05) is 33.1 Å². The van der Waals surface area contributed by atoms with Crippen LogP contribution in [-0.4, -0.2) is 35.0 Å². The van der Waals surface area contributed by atoms with Crippen LogP contribution in [0.25, 0.3) is 0 Å². The number of amides is 1. The molecular weight excluding hydrogens is 254 g/mol. The number of carboxylic acid groups (broad SMARTS) is 1. The first-order valence-electron chi connectivity index (χ1n) is 7.96. The molecule has 1 aliphatic heterocycles. The van der Waals surface area contributed by atoms with Gasteiger partial charge in [-0.25, -0.2) is 0 Å². The number of carbonyl (C=O) groups is 2. The Morgan fingerprint density at radius 3 is 2.05 bits per heavy atom. The van der Waals surface area contributed by atoms with Crippen molar-refractivity contribution in [2.75, 3.05) is 13.1 Å². The number of hydrogen-bond donors (Lipinski definition) is 1. The van der Waals surface area contributed by atoms with Crippen LogP contribution in [0.4, 0.5) is 0 Å². The second-order valence-corrected chi connectivity index (χ2v) is 6.85. The summed E-state index contributed by atoms with van der Waals surface area (Å²) in [6.07, 6.45) is 7.35. The summed E-state index contributed by atoms with van der Waals surface area (Å²) in [5, 5.41) is 9.41. The minimum absolute atomic E-state index is 0.201. The second kappa shape index (κ2) is 5.74. The lowest BCUT2D eigenvalue weighted by Crippen LogP contribution is -2.50. The van der Waals surface area contributed by atoms with Crippen molar-refractivity contribution in [2.24, 2.45) is 10.8 Å². The van der Waals surface area contributed by atoms with Crippen molar-refractivity contribution in [2.45, 2.75) is 65.2 Å². The summed E-state index contributed by atoms with van der Waals surface area (Å²) in [6, 6.07) is 0. The van der Waals surface area contributed by atoms with Crippen molar-refractivity contribution in [3.63, 3.8) is 0 Å². The Morgan fingerprint density at radius 2 is 1.60 bits per heavy atom. The SMILES string of the molecule is CCC1(C(=O)O)CCN(C(=O)C2(C)CCCCC2)CC1. The number of likely N-dealkylation sites (tertiary alicyclic amines) is 1. The van der Waals surface area contributed by atoms with Gasteiger partial charge in [0.1, 0.15) is 0 Å². The molecule has 4 heteroatoms. The van der Waals surface area contributed by atoms with Crippen molar-refractivity contribution >= 4 is 11.9 Å². The van der Waals surface area contributed by atoms with Crippen molar-refractivity contribution in [1.29, 1.82) is 0 Å². The van der Waals surface area contributed by atoms with Gasteiger partial charge < -0.3 is 10.0 Å². The van der Waals surface area contributed by atoms with Crippen LogP contribution in [0.1, 0.15) is 65.2 Å². The van der Waals surface area contributed by atoms with Gasteiger partial charge in [-0.05, 0) is 32.1 Å². The lowest BCUT2D eigenvalue weighted by molar-refractivity contribution is -0.157. The molecule has 1 aliphatic carbocycles. The zero-order chi connectivity index (χ0) is 14.8. The fourth-order valence-corrected chi connectivity index (χ4v) is 3.78. The van der Waals surface area contributed by atoms with Crippen LogP contribution < -0.4 is 0 Å². The summed E-state index contributed by atoms with van der Waals surface area (Å²) < 4.78 is 0. The maximum Gasteiger partial charge on any atom is 0.309 e. The van der Waals surface area contributed by atoms with Gasteiger partial charge in [-0.3, -0.25) is 9.59 Å². The minimum Gasteiger partial charge on any atom is -0.481 e. The van der Waals surface area contributed by atoms with Gasteiger partial charge in [-0.2, -0.15) is 0 Å². The molecule has 0 aromatic heterocycles. The van der Waals surface area contributed by atoms with Gasteiger partial charge in [0.15, 0.2) is 0 Å². The Hall–Kier alpha value is -1.06. The Balaban J connectivity index is 1.99. The number of aliphatic carboxylic acids is 1. The third-order valence-electron chi connectivity index (χ3n) is 5.61. The number of carbonyl (C=O) groups excluding carboxylic acids is 1. The molecule has 2 fully saturated rings. The van der Waals surface area contributed by atoms with Gasteiger partial charge >= 0.3 is 5.97 Å². The van der Waals surface area contributed by atoms with Crippen LogP contribution in [0, 0.1) is 10.8 Å². The van der Waals surface area contributed by atoms with E-state index in [-0.39, 0.29) is 11.3 Å². The quantitative estimate of drug-likeness (QED) is 0.865. The molecular formula is C16H27NO3. The lowest BCUT2D eigenvalue weighted by atomic mass is 9.72. The molecule has 0 atom stereocenters. The first-order valence-corrected chi connectivity index (χ1v) is 7.96. The molecule has 0 aromatic rings. The van der Waals surface area contributed by atoms with Crippen LogP contribution in [0.5, 0.6) is 0 Å². The Kier molecular flexibility index (Phi) is 4.40. The standard InChI is InChI=1S/C16H27NO3/c1-3-16(14(19)20)9-11-17(12-10-16)13(18)15(2)7-5-4-6-8-15/h3-12H2,1-2H3,(H,19,20). The van der Waals surface area contributed by atoms with Gasteiger partial charge in [0, 0.05) is 18.5 Å². The predicted octanol–water partition coefficient (Wildman–Crippen LogP) is 3.06. The van der Waals surface area contributed by atoms with Crippen LogP contribution in [0.3, 0.4) is 0 Å². The number of rotatable bonds is 3. The highest BCUT2D eigenvalue weighted by Crippen LogP contribution is 2.40. The topological polar surface area (TPSA) is 57.6 Å². The Morgan fingerprint density at radius 1 is 1.05 bits per heavy atom. The minimum atomic E-state index is -0.698. The number of nitrogens with zero attached hydrogens (tertiary/aromatic N) is 1. The van der Waals surface area contributed by atoms with Crippen molar-refractivity contribution < 1.29 is 14.7 Å². The molecule has 0 aromatic carbocycles. The average molecular weight is 281 g/mol. The molecule has 0 spiro atoms. The third kappa shape index (κ3) is 2.70. The molecule has 2 rings (SSSR count). The zero-order valence-corrected chi connectivity index (χ0v) is 12.8. The monoisotopic (exact) mass is 281 g/mol. The van der Waals surface area contributed by atoms with Crippen LogP contribution in [-0.2, 0) is 9.59 Å². The van der Waals surface area contributed by atoms with E-state index in [1.165, 1.54) is 6.42 Å². The van der Waals surface area contributed by atoms with E-state index < -0.39 is 11.4 Å². The van der Waals surface area contributed by atoms with E-state index in [0.717, 1.165) is 25.7 Å². The van der Waals surface area contributed by atoms with E-state index in [9.17, 15) is 14.7 Å². The van der Waals surface area contributed by atoms with Gasteiger partial charge in [-0.15, -0.1) is 0 Å². The first-order chi connectivity index (χ1) is 9.43. The largest absolute Gasteiger partial charge is 0.481 e.